The lowest BCUT2D eigenvalue weighted by molar-refractivity contribution is -0.139. The van der Waals surface area contributed by atoms with Crippen molar-refractivity contribution in [2.24, 2.45) is 0 Å². The molecule has 0 aliphatic heterocycles. The topological polar surface area (TPSA) is 84.9 Å². The van der Waals surface area contributed by atoms with Crippen molar-refractivity contribution in [3.05, 3.63) is 29.8 Å². The van der Waals surface area contributed by atoms with E-state index >= 15 is 0 Å². The van der Waals surface area contributed by atoms with Crippen molar-refractivity contribution in [3.8, 4) is 0 Å². The Bertz CT molecular complexity index is 469. The molecule has 0 saturated carbocycles. The number of hydrogen-bond donors (Lipinski definition) is 2. The van der Waals surface area contributed by atoms with E-state index in [1.54, 1.807) is 12.1 Å². The Hall–Kier alpha value is -1.92. The van der Waals surface area contributed by atoms with Gasteiger partial charge < -0.3 is 19.9 Å². The minimum atomic E-state index is -1.16. The Morgan fingerprint density at radius 2 is 1.81 bits per heavy atom. The van der Waals surface area contributed by atoms with Gasteiger partial charge in [0.05, 0.1) is 0 Å². The van der Waals surface area contributed by atoms with Crippen molar-refractivity contribution >= 4 is 17.6 Å². The maximum absolute atomic E-state index is 11.6. The summed E-state index contributed by atoms with van der Waals surface area (Å²) in [4.78, 5) is 22.1. The highest BCUT2D eigenvalue weighted by molar-refractivity contribution is 6.01. The monoisotopic (exact) mass is 295 g/mol. The van der Waals surface area contributed by atoms with Crippen LogP contribution in [-0.2, 0) is 25.5 Å². The van der Waals surface area contributed by atoms with Crippen LogP contribution < -0.4 is 5.32 Å². The molecule has 6 nitrogen and oxygen atoms in total. The van der Waals surface area contributed by atoms with Crippen molar-refractivity contribution in [1.29, 1.82) is 0 Å². The summed E-state index contributed by atoms with van der Waals surface area (Å²) in [6.07, 6.45) is -0.475. The Morgan fingerprint density at radius 3 is 2.38 bits per heavy atom. The molecule has 0 aromatic heterocycles. The number of aliphatic carboxylic acids is 1. The van der Waals surface area contributed by atoms with Crippen molar-refractivity contribution in [1.82, 2.24) is 0 Å². The van der Waals surface area contributed by atoms with Gasteiger partial charge in [-0.25, -0.2) is 0 Å². The third-order valence-electron chi connectivity index (χ3n) is 2.69. The van der Waals surface area contributed by atoms with Gasteiger partial charge >= 0.3 is 5.97 Å². The van der Waals surface area contributed by atoms with E-state index in [0.717, 1.165) is 5.56 Å². The van der Waals surface area contributed by atoms with E-state index in [1.165, 1.54) is 0 Å². The standard InChI is InChI=1S/C15H21NO5/c1-3-20-15(21-4-2)9-11-7-5-6-8-12(11)16-13(17)10-14(18)19/h5-8,15H,3-4,9-10H2,1-2H3,(H,16,17)(H,18,19). The van der Waals surface area contributed by atoms with Crippen LogP contribution in [0.1, 0.15) is 25.8 Å². The quantitative estimate of drug-likeness (QED) is 0.538. The summed E-state index contributed by atoms with van der Waals surface area (Å²) in [6.45, 7) is 4.82. The molecule has 21 heavy (non-hydrogen) atoms. The lowest BCUT2D eigenvalue weighted by atomic mass is 10.1. The zero-order valence-corrected chi connectivity index (χ0v) is 12.3. The average molecular weight is 295 g/mol. The van der Waals surface area contributed by atoms with Gasteiger partial charge in [-0.15, -0.1) is 0 Å². The van der Waals surface area contributed by atoms with Gasteiger partial charge in [0.2, 0.25) is 5.91 Å². The van der Waals surface area contributed by atoms with Crippen LogP contribution in [0, 0.1) is 0 Å². The first kappa shape index (κ1) is 17.1. The number of carboxylic acid groups (broad SMARTS) is 1. The predicted octanol–water partition coefficient (Wildman–Crippen LogP) is 2.04. The lowest BCUT2D eigenvalue weighted by Gasteiger charge is -2.19. The smallest absolute Gasteiger partial charge is 0.312 e. The molecule has 1 aromatic rings. The molecule has 0 heterocycles. The zero-order chi connectivity index (χ0) is 15.7. The number of ether oxygens (including phenoxy) is 2. The first-order chi connectivity index (χ1) is 10.1. The van der Waals surface area contributed by atoms with E-state index in [9.17, 15) is 9.59 Å². The molecule has 0 fully saturated rings. The van der Waals surface area contributed by atoms with Gasteiger partial charge in [0, 0.05) is 25.3 Å². The number of amides is 1. The number of hydrogen-bond acceptors (Lipinski definition) is 4. The lowest BCUT2D eigenvalue weighted by Crippen LogP contribution is -2.22. The Balaban J connectivity index is 2.77. The Kier molecular flexibility index (Phi) is 7.42. The average Bonchev–Trinajstić information content (AvgIpc) is 2.40. The molecule has 116 valence electrons. The van der Waals surface area contributed by atoms with Gasteiger partial charge in [-0.05, 0) is 25.5 Å². The minimum Gasteiger partial charge on any atom is -0.481 e. The summed E-state index contributed by atoms with van der Waals surface area (Å²) in [7, 11) is 0. The van der Waals surface area contributed by atoms with Crippen LogP contribution in [0.15, 0.2) is 24.3 Å². The van der Waals surface area contributed by atoms with Gasteiger partial charge in [0.25, 0.3) is 0 Å². The van der Waals surface area contributed by atoms with Gasteiger partial charge in [-0.3, -0.25) is 9.59 Å². The molecule has 0 spiro atoms. The fourth-order valence-electron chi connectivity index (χ4n) is 1.87. The van der Waals surface area contributed by atoms with E-state index in [4.69, 9.17) is 14.6 Å². The molecule has 1 amide bonds. The summed E-state index contributed by atoms with van der Waals surface area (Å²) in [6, 6.07) is 7.19. The van der Waals surface area contributed by atoms with Crippen molar-refractivity contribution in [2.45, 2.75) is 33.0 Å². The number of nitrogens with one attached hydrogen (secondary N) is 1. The maximum Gasteiger partial charge on any atom is 0.312 e. The van der Waals surface area contributed by atoms with E-state index in [2.05, 4.69) is 5.32 Å². The first-order valence-electron chi connectivity index (χ1n) is 6.89. The number of carbonyl (C=O) groups is 2. The zero-order valence-electron chi connectivity index (χ0n) is 12.3. The second-order valence-electron chi connectivity index (χ2n) is 4.32. The highest BCUT2D eigenvalue weighted by atomic mass is 16.7. The Morgan fingerprint density at radius 1 is 1.19 bits per heavy atom. The molecule has 0 bridgehead atoms. The van der Waals surface area contributed by atoms with E-state index in [0.29, 0.717) is 25.3 Å². The number of carbonyl (C=O) groups excluding carboxylic acids is 1. The van der Waals surface area contributed by atoms with E-state index in [1.807, 2.05) is 26.0 Å². The second kappa shape index (κ2) is 9.10. The Labute approximate surface area is 124 Å². The van der Waals surface area contributed by atoms with Crippen molar-refractivity contribution in [2.75, 3.05) is 18.5 Å². The van der Waals surface area contributed by atoms with Crippen LogP contribution in [0.25, 0.3) is 0 Å². The predicted molar refractivity (Wildman–Crippen MR) is 78.1 cm³/mol. The summed E-state index contributed by atoms with van der Waals surface area (Å²) >= 11 is 0. The molecular formula is C15H21NO5. The van der Waals surface area contributed by atoms with Gasteiger partial charge in [0.15, 0.2) is 6.29 Å². The van der Waals surface area contributed by atoms with Crippen LogP contribution >= 0.6 is 0 Å². The maximum atomic E-state index is 11.6. The number of para-hydroxylation sites is 1. The van der Waals surface area contributed by atoms with Crippen molar-refractivity contribution < 1.29 is 24.2 Å². The molecule has 0 radical (unpaired) electrons. The first-order valence-corrected chi connectivity index (χ1v) is 6.89. The van der Waals surface area contributed by atoms with Gasteiger partial charge in [-0.2, -0.15) is 0 Å². The number of anilines is 1. The normalized spacial score (nSPS) is 10.6. The second-order valence-corrected chi connectivity index (χ2v) is 4.32. The summed E-state index contributed by atoms with van der Waals surface area (Å²) in [5.74, 6) is -1.72. The molecule has 1 aromatic carbocycles. The fourth-order valence-corrected chi connectivity index (χ4v) is 1.87. The molecule has 0 aliphatic carbocycles. The molecular weight excluding hydrogens is 274 g/mol. The third kappa shape index (κ3) is 6.37. The largest absolute Gasteiger partial charge is 0.481 e. The van der Waals surface area contributed by atoms with Crippen molar-refractivity contribution in [3.63, 3.8) is 0 Å². The van der Waals surface area contributed by atoms with Crippen LogP contribution in [0.2, 0.25) is 0 Å². The van der Waals surface area contributed by atoms with E-state index < -0.39 is 24.6 Å². The summed E-state index contributed by atoms with van der Waals surface area (Å²) < 4.78 is 11.0. The molecule has 2 N–H and O–H groups in total. The van der Waals surface area contributed by atoms with Crippen LogP contribution in [0.3, 0.4) is 0 Å². The van der Waals surface area contributed by atoms with Crippen LogP contribution in [0.5, 0.6) is 0 Å². The molecule has 6 heteroatoms. The van der Waals surface area contributed by atoms with E-state index in [-0.39, 0.29) is 0 Å². The van der Waals surface area contributed by atoms with Gasteiger partial charge in [-0.1, -0.05) is 18.2 Å². The number of carboxylic acids is 1. The molecule has 1 rings (SSSR count). The minimum absolute atomic E-state index is 0.391. The fraction of sp³-hybridized carbons (Fsp3) is 0.467. The molecule has 0 unspecified atom stereocenters. The highest BCUT2D eigenvalue weighted by Crippen LogP contribution is 2.18. The molecule has 0 atom stereocenters. The number of rotatable bonds is 9. The highest BCUT2D eigenvalue weighted by Gasteiger charge is 2.14. The van der Waals surface area contributed by atoms with Crippen LogP contribution in [0.4, 0.5) is 5.69 Å². The summed E-state index contributed by atoms with van der Waals surface area (Å²) in [5.41, 5.74) is 1.41. The van der Waals surface area contributed by atoms with Crippen LogP contribution in [-0.4, -0.2) is 36.5 Å². The van der Waals surface area contributed by atoms with Gasteiger partial charge in [0.1, 0.15) is 6.42 Å². The number of benzene rings is 1. The summed E-state index contributed by atoms with van der Waals surface area (Å²) in [5, 5.41) is 11.2. The third-order valence-corrected chi connectivity index (χ3v) is 2.69. The molecule has 0 saturated heterocycles. The molecule has 0 aliphatic rings. The SMILES string of the molecule is CCOC(Cc1ccccc1NC(=O)CC(=O)O)OCC.